The highest BCUT2D eigenvalue weighted by molar-refractivity contribution is 5.99. The predicted octanol–water partition coefficient (Wildman–Crippen LogP) is 3.22. The van der Waals surface area contributed by atoms with Gasteiger partial charge in [0.25, 0.3) is 0 Å². The lowest BCUT2D eigenvalue weighted by Gasteiger charge is -2.29. The molecule has 0 fully saturated rings. The Kier molecular flexibility index (Phi) is 2.48. The Morgan fingerprint density at radius 3 is 2.26 bits per heavy atom. The van der Waals surface area contributed by atoms with Crippen molar-refractivity contribution < 1.29 is 14.4 Å². The molecule has 0 aromatic heterocycles. The largest absolute Gasteiger partial charge is 0.369 e. The summed E-state index contributed by atoms with van der Waals surface area (Å²) in [5, 5.41) is 2.39. The maximum absolute atomic E-state index is 12.7. The third-order valence-corrected chi connectivity index (χ3v) is 4.51. The summed E-state index contributed by atoms with van der Waals surface area (Å²) in [6.07, 6.45) is 0.500. The number of carbonyl (C=O) groups excluding carboxylic acids is 1. The van der Waals surface area contributed by atoms with Crippen molar-refractivity contribution in [3.05, 3.63) is 59.7 Å². The first kappa shape index (κ1) is 9.24. The Labute approximate surface area is 147 Å². The van der Waals surface area contributed by atoms with E-state index in [9.17, 15) is 4.79 Å². The highest BCUT2D eigenvalue weighted by Gasteiger charge is 2.47. The summed E-state index contributed by atoms with van der Waals surface area (Å²) in [5.74, 6) is -0.524. The van der Waals surface area contributed by atoms with Gasteiger partial charge < -0.3 is 11.1 Å². The van der Waals surface area contributed by atoms with Crippen LogP contribution < -0.4 is 11.1 Å². The number of benzene rings is 2. The van der Waals surface area contributed by atoms with Crippen LogP contribution in [0.2, 0.25) is 0 Å². The molecule has 3 nitrogen and oxygen atoms in total. The van der Waals surface area contributed by atoms with Crippen molar-refractivity contribution in [3.63, 3.8) is 0 Å². The summed E-state index contributed by atoms with van der Waals surface area (Å²) in [6, 6.07) is 12.2. The lowest BCUT2D eigenvalue weighted by molar-refractivity contribution is -0.122. The molecule has 0 bridgehead atoms. The number of primary amides is 1. The van der Waals surface area contributed by atoms with E-state index < -0.39 is 31.0 Å². The van der Waals surface area contributed by atoms with Crippen molar-refractivity contribution in [2.45, 2.75) is 38.0 Å². The standard InChI is InChI=1S/C20H24N2O/c1-14(2)22-13-7-12-20(19(21)23)17-10-5-3-8-15(17)16-9-4-6-11-18(16)20/h3-6,8-11,14,22H,7,12-13H2,1-2H3,(H2,21,23)/i1D3,2D3,14D. The fourth-order valence-electron chi connectivity index (χ4n) is 3.55. The zero-order valence-electron chi connectivity index (χ0n) is 19.7. The summed E-state index contributed by atoms with van der Waals surface area (Å²) < 4.78 is 53.0. The average Bonchev–Trinajstić information content (AvgIpc) is 2.95. The molecule has 3 heteroatoms. The number of hydrogen-bond acceptors (Lipinski definition) is 2. The normalized spacial score (nSPS) is 20.6. The van der Waals surface area contributed by atoms with Gasteiger partial charge in [-0.25, -0.2) is 0 Å². The van der Waals surface area contributed by atoms with Crippen LogP contribution in [0.15, 0.2) is 48.5 Å². The zero-order chi connectivity index (χ0) is 22.4. The Morgan fingerprint density at radius 2 is 1.74 bits per heavy atom. The molecule has 0 atom stereocenters. The van der Waals surface area contributed by atoms with E-state index in [1.165, 1.54) is 0 Å². The van der Waals surface area contributed by atoms with Gasteiger partial charge in [-0.3, -0.25) is 4.79 Å². The minimum absolute atomic E-state index is 0.0698. The molecular weight excluding hydrogens is 284 g/mol. The Bertz CT molecular complexity index is 893. The van der Waals surface area contributed by atoms with Crippen LogP contribution in [0, 0.1) is 0 Å². The van der Waals surface area contributed by atoms with Crippen LogP contribution in [0.25, 0.3) is 11.1 Å². The summed E-state index contributed by atoms with van der Waals surface area (Å²) in [5.41, 5.74) is 8.19. The van der Waals surface area contributed by atoms with E-state index in [0.29, 0.717) is 0 Å². The van der Waals surface area contributed by atoms with E-state index >= 15 is 0 Å². The lowest BCUT2D eigenvalue weighted by atomic mass is 9.74. The van der Waals surface area contributed by atoms with E-state index in [1.54, 1.807) is 0 Å². The van der Waals surface area contributed by atoms with E-state index in [2.05, 4.69) is 5.32 Å². The first-order valence-corrected chi connectivity index (χ1v) is 7.60. The second kappa shape index (κ2) is 6.17. The van der Waals surface area contributed by atoms with Crippen LogP contribution >= 0.6 is 0 Å². The van der Waals surface area contributed by atoms with Gasteiger partial charge in [-0.1, -0.05) is 62.2 Å². The number of rotatable bonds is 6. The molecule has 0 spiro atoms. The van der Waals surface area contributed by atoms with Crippen LogP contribution in [0.3, 0.4) is 0 Å². The van der Waals surface area contributed by atoms with Crippen molar-refractivity contribution in [1.82, 2.24) is 5.32 Å². The van der Waals surface area contributed by atoms with Gasteiger partial charge in [-0.05, 0) is 41.6 Å². The van der Waals surface area contributed by atoms with E-state index in [4.69, 9.17) is 15.3 Å². The van der Waals surface area contributed by atoms with E-state index in [-0.39, 0.29) is 19.4 Å². The second-order valence-corrected chi connectivity index (χ2v) is 5.77. The smallest absolute Gasteiger partial charge is 0.232 e. The quantitative estimate of drug-likeness (QED) is 0.804. The molecule has 3 rings (SSSR count). The Morgan fingerprint density at radius 1 is 1.17 bits per heavy atom. The van der Waals surface area contributed by atoms with Gasteiger partial charge in [0.15, 0.2) is 0 Å². The van der Waals surface area contributed by atoms with Crippen molar-refractivity contribution >= 4 is 5.91 Å². The molecule has 1 aliphatic rings. The van der Waals surface area contributed by atoms with Crippen LogP contribution in [0.5, 0.6) is 0 Å². The molecule has 0 heterocycles. The zero-order valence-corrected chi connectivity index (χ0v) is 12.7. The van der Waals surface area contributed by atoms with E-state index in [0.717, 1.165) is 22.3 Å². The summed E-state index contributed by atoms with van der Waals surface area (Å²) in [4.78, 5) is 12.7. The van der Waals surface area contributed by atoms with Crippen molar-refractivity contribution in [2.24, 2.45) is 5.73 Å². The molecule has 2 aromatic carbocycles. The first-order valence-electron chi connectivity index (χ1n) is 11.1. The average molecular weight is 315 g/mol. The molecule has 120 valence electrons. The monoisotopic (exact) mass is 315 g/mol. The molecule has 1 amide bonds. The number of nitrogens with two attached hydrogens (primary N) is 1. The molecule has 0 unspecified atom stereocenters. The SMILES string of the molecule is [2H]C([2H])([2H])C([2H])(NCCCC1(C(N)=O)c2ccccc2-c2ccccc21)C([2H])([2H])[2H]. The number of fused-ring (bicyclic) bond motifs is 3. The van der Waals surface area contributed by atoms with Crippen LogP contribution in [0.4, 0.5) is 0 Å². The van der Waals surface area contributed by atoms with Crippen molar-refractivity contribution in [1.29, 1.82) is 0 Å². The van der Waals surface area contributed by atoms with Gasteiger partial charge in [0.2, 0.25) is 5.91 Å². The van der Waals surface area contributed by atoms with E-state index in [1.807, 2.05) is 48.5 Å². The summed E-state index contributed by atoms with van der Waals surface area (Å²) in [6.45, 7) is -6.17. The lowest BCUT2D eigenvalue weighted by Crippen LogP contribution is -2.41. The molecule has 0 saturated carbocycles. The van der Waals surface area contributed by atoms with Gasteiger partial charge in [0.05, 0.1) is 5.41 Å². The predicted molar refractivity (Wildman–Crippen MR) is 94.2 cm³/mol. The van der Waals surface area contributed by atoms with Gasteiger partial charge in [0.1, 0.15) is 0 Å². The maximum atomic E-state index is 12.7. The third kappa shape index (κ3) is 2.55. The highest BCUT2D eigenvalue weighted by atomic mass is 16.1. The topological polar surface area (TPSA) is 55.1 Å². The van der Waals surface area contributed by atoms with Gasteiger partial charge in [-0.2, -0.15) is 0 Å². The first-order chi connectivity index (χ1) is 13.9. The number of hydrogen-bond donors (Lipinski definition) is 2. The molecule has 0 saturated heterocycles. The summed E-state index contributed by atoms with van der Waals surface area (Å²) in [7, 11) is 0. The Hall–Kier alpha value is -2.13. The van der Waals surface area contributed by atoms with Crippen LogP contribution in [-0.2, 0) is 10.2 Å². The minimum atomic E-state index is -3.05. The molecule has 1 aliphatic carbocycles. The molecule has 3 N–H and O–H groups in total. The van der Waals surface area contributed by atoms with Crippen LogP contribution in [0.1, 0.15) is 47.3 Å². The molecule has 0 radical (unpaired) electrons. The van der Waals surface area contributed by atoms with Gasteiger partial charge in [-0.15, -0.1) is 0 Å². The summed E-state index contributed by atoms with van der Waals surface area (Å²) >= 11 is 0. The number of nitrogens with one attached hydrogen (secondary N) is 1. The fourth-order valence-corrected chi connectivity index (χ4v) is 3.55. The number of carbonyl (C=O) groups is 1. The van der Waals surface area contributed by atoms with Gasteiger partial charge in [0, 0.05) is 15.6 Å². The van der Waals surface area contributed by atoms with Gasteiger partial charge >= 0.3 is 0 Å². The molecular formula is C20H24N2O. The molecule has 23 heavy (non-hydrogen) atoms. The Balaban J connectivity index is 1.89. The van der Waals surface area contributed by atoms with Crippen molar-refractivity contribution in [3.8, 4) is 11.1 Å². The van der Waals surface area contributed by atoms with Crippen LogP contribution in [-0.4, -0.2) is 18.5 Å². The molecule has 2 aromatic rings. The fraction of sp³-hybridized carbons (Fsp3) is 0.350. The highest BCUT2D eigenvalue weighted by Crippen LogP contribution is 2.50. The minimum Gasteiger partial charge on any atom is -0.369 e. The molecule has 0 aliphatic heterocycles. The maximum Gasteiger partial charge on any atom is 0.232 e. The number of amides is 1. The van der Waals surface area contributed by atoms with Crippen molar-refractivity contribution in [2.75, 3.05) is 6.54 Å². The second-order valence-electron chi connectivity index (χ2n) is 5.77. The third-order valence-electron chi connectivity index (χ3n) is 4.51.